The molecule has 3 unspecified atom stereocenters. The van der Waals surface area contributed by atoms with Gasteiger partial charge in [0.1, 0.15) is 0 Å². The highest BCUT2D eigenvalue weighted by Crippen LogP contribution is 2.44. The second kappa shape index (κ2) is 5.96. The van der Waals surface area contributed by atoms with Crippen molar-refractivity contribution in [3.8, 4) is 0 Å². The lowest BCUT2D eigenvalue weighted by Gasteiger charge is -2.23. The summed E-state index contributed by atoms with van der Waals surface area (Å²) in [5.41, 5.74) is 1.93. The van der Waals surface area contributed by atoms with Crippen molar-refractivity contribution in [3.05, 3.63) is 35.4 Å². The predicted octanol–water partition coefficient (Wildman–Crippen LogP) is 2.50. The Labute approximate surface area is 121 Å². The SMILES string of the molecule is Cc1ccc(C(=O)NCCNC2CC3CCC2C3)cc1. The molecule has 108 valence electrons. The molecule has 0 saturated heterocycles. The van der Waals surface area contributed by atoms with Crippen LogP contribution in [0.5, 0.6) is 0 Å². The van der Waals surface area contributed by atoms with Gasteiger partial charge < -0.3 is 10.6 Å². The standard InChI is InChI=1S/C17H24N2O/c1-12-2-5-14(6-3-12)17(20)19-9-8-18-16-11-13-4-7-15(16)10-13/h2-3,5-6,13,15-16,18H,4,7-11H2,1H3,(H,19,20). The van der Waals surface area contributed by atoms with Crippen LogP contribution >= 0.6 is 0 Å². The van der Waals surface area contributed by atoms with E-state index >= 15 is 0 Å². The van der Waals surface area contributed by atoms with Crippen LogP contribution in [-0.4, -0.2) is 25.0 Å². The fourth-order valence-electron chi connectivity index (χ4n) is 3.74. The van der Waals surface area contributed by atoms with Crippen LogP contribution in [0, 0.1) is 18.8 Å². The van der Waals surface area contributed by atoms with E-state index < -0.39 is 0 Å². The van der Waals surface area contributed by atoms with Gasteiger partial charge in [-0.25, -0.2) is 0 Å². The quantitative estimate of drug-likeness (QED) is 0.809. The monoisotopic (exact) mass is 272 g/mol. The van der Waals surface area contributed by atoms with E-state index in [1.165, 1.54) is 31.2 Å². The fraction of sp³-hybridized carbons (Fsp3) is 0.588. The van der Waals surface area contributed by atoms with Crippen molar-refractivity contribution in [1.82, 2.24) is 10.6 Å². The van der Waals surface area contributed by atoms with Gasteiger partial charge in [0.2, 0.25) is 0 Å². The molecule has 2 bridgehead atoms. The molecule has 3 rings (SSSR count). The van der Waals surface area contributed by atoms with Gasteiger partial charge in [-0.05, 0) is 50.2 Å². The van der Waals surface area contributed by atoms with Gasteiger partial charge in [-0.15, -0.1) is 0 Å². The minimum atomic E-state index is 0.0275. The Balaban J connectivity index is 1.37. The lowest BCUT2D eigenvalue weighted by atomic mass is 9.95. The Morgan fingerprint density at radius 3 is 2.60 bits per heavy atom. The molecule has 2 saturated carbocycles. The highest BCUT2D eigenvalue weighted by atomic mass is 16.1. The first kappa shape index (κ1) is 13.6. The van der Waals surface area contributed by atoms with Gasteiger partial charge in [0.05, 0.1) is 0 Å². The van der Waals surface area contributed by atoms with E-state index in [-0.39, 0.29) is 5.91 Å². The number of carbonyl (C=O) groups is 1. The third kappa shape index (κ3) is 3.04. The third-order valence-electron chi connectivity index (χ3n) is 4.87. The van der Waals surface area contributed by atoms with Crippen molar-refractivity contribution >= 4 is 5.91 Å². The average Bonchev–Trinajstić information content (AvgIpc) is 3.06. The van der Waals surface area contributed by atoms with Crippen LogP contribution in [0.1, 0.15) is 41.6 Å². The molecule has 0 aromatic heterocycles. The molecule has 2 fully saturated rings. The van der Waals surface area contributed by atoms with Crippen molar-refractivity contribution in [1.29, 1.82) is 0 Å². The molecular formula is C17H24N2O. The molecule has 20 heavy (non-hydrogen) atoms. The van der Waals surface area contributed by atoms with Crippen LogP contribution in [0.25, 0.3) is 0 Å². The largest absolute Gasteiger partial charge is 0.351 e. The minimum Gasteiger partial charge on any atom is -0.351 e. The summed E-state index contributed by atoms with van der Waals surface area (Å²) in [7, 11) is 0. The van der Waals surface area contributed by atoms with E-state index in [2.05, 4.69) is 10.6 Å². The van der Waals surface area contributed by atoms with Gasteiger partial charge in [-0.2, -0.15) is 0 Å². The lowest BCUT2D eigenvalue weighted by molar-refractivity contribution is 0.0953. The van der Waals surface area contributed by atoms with Crippen LogP contribution in [0.15, 0.2) is 24.3 Å². The Morgan fingerprint density at radius 1 is 1.15 bits per heavy atom. The number of hydrogen-bond acceptors (Lipinski definition) is 2. The smallest absolute Gasteiger partial charge is 0.251 e. The molecule has 0 spiro atoms. The number of carbonyl (C=O) groups excluding carboxylic acids is 1. The average molecular weight is 272 g/mol. The van der Waals surface area contributed by atoms with Crippen molar-refractivity contribution in [2.75, 3.05) is 13.1 Å². The molecule has 2 N–H and O–H groups in total. The van der Waals surface area contributed by atoms with Gasteiger partial charge in [-0.1, -0.05) is 24.1 Å². The summed E-state index contributed by atoms with van der Waals surface area (Å²) in [6, 6.07) is 8.41. The Morgan fingerprint density at radius 2 is 1.95 bits per heavy atom. The van der Waals surface area contributed by atoms with Gasteiger partial charge in [0, 0.05) is 24.7 Å². The van der Waals surface area contributed by atoms with Crippen molar-refractivity contribution in [3.63, 3.8) is 0 Å². The molecule has 1 aromatic rings. The first-order valence-corrected chi connectivity index (χ1v) is 7.80. The summed E-state index contributed by atoms with van der Waals surface area (Å²) >= 11 is 0. The van der Waals surface area contributed by atoms with Gasteiger partial charge in [-0.3, -0.25) is 4.79 Å². The number of aryl methyl sites for hydroxylation is 1. The first-order chi connectivity index (χ1) is 9.72. The Kier molecular flexibility index (Phi) is 4.06. The summed E-state index contributed by atoms with van der Waals surface area (Å²) < 4.78 is 0. The maximum Gasteiger partial charge on any atom is 0.251 e. The van der Waals surface area contributed by atoms with Crippen LogP contribution < -0.4 is 10.6 Å². The van der Waals surface area contributed by atoms with Crippen LogP contribution in [-0.2, 0) is 0 Å². The molecule has 0 aliphatic heterocycles. The Bertz CT molecular complexity index is 468. The number of amides is 1. The molecule has 1 amide bonds. The summed E-state index contributed by atoms with van der Waals surface area (Å²) in [4.78, 5) is 11.9. The van der Waals surface area contributed by atoms with E-state index in [0.29, 0.717) is 12.6 Å². The van der Waals surface area contributed by atoms with E-state index in [9.17, 15) is 4.79 Å². The molecule has 0 heterocycles. The first-order valence-electron chi connectivity index (χ1n) is 7.80. The number of rotatable bonds is 5. The second-order valence-electron chi connectivity index (χ2n) is 6.36. The molecule has 3 atom stereocenters. The molecule has 3 nitrogen and oxygen atoms in total. The van der Waals surface area contributed by atoms with Crippen molar-refractivity contribution in [2.24, 2.45) is 11.8 Å². The molecule has 3 heteroatoms. The van der Waals surface area contributed by atoms with Gasteiger partial charge >= 0.3 is 0 Å². The van der Waals surface area contributed by atoms with Gasteiger partial charge in [0.15, 0.2) is 0 Å². The molecule has 0 radical (unpaired) electrons. The zero-order chi connectivity index (χ0) is 13.9. The van der Waals surface area contributed by atoms with E-state index in [0.717, 1.165) is 23.9 Å². The Hall–Kier alpha value is -1.35. The van der Waals surface area contributed by atoms with Crippen LogP contribution in [0.2, 0.25) is 0 Å². The summed E-state index contributed by atoms with van der Waals surface area (Å²) in [5.74, 6) is 1.90. The normalized spacial score (nSPS) is 27.8. The minimum absolute atomic E-state index is 0.0275. The predicted molar refractivity (Wildman–Crippen MR) is 80.8 cm³/mol. The molecular weight excluding hydrogens is 248 g/mol. The zero-order valence-corrected chi connectivity index (χ0v) is 12.2. The third-order valence-corrected chi connectivity index (χ3v) is 4.87. The number of benzene rings is 1. The number of hydrogen-bond donors (Lipinski definition) is 2. The van der Waals surface area contributed by atoms with Crippen molar-refractivity contribution in [2.45, 2.75) is 38.6 Å². The van der Waals surface area contributed by atoms with Crippen LogP contribution in [0.3, 0.4) is 0 Å². The molecule has 1 aromatic carbocycles. The fourth-order valence-corrected chi connectivity index (χ4v) is 3.74. The summed E-state index contributed by atoms with van der Waals surface area (Å²) in [5, 5.41) is 6.60. The maximum atomic E-state index is 11.9. The highest BCUT2D eigenvalue weighted by molar-refractivity contribution is 5.94. The summed E-state index contributed by atoms with van der Waals surface area (Å²) in [6.07, 6.45) is 5.61. The highest BCUT2D eigenvalue weighted by Gasteiger charge is 2.38. The topological polar surface area (TPSA) is 41.1 Å². The molecule has 2 aliphatic rings. The maximum absolute atomic E-state index is 11.9. The van der Waals surface area contributed by atoms with E-state index in [1.807, 2.05) is 31.2 Å². The van der Waals surface area contributed by atoms with Crippen LogP contribution in [0.4, 0.5) is 0 Å². The van der Waals surface area contributed by atoms with Gasteiger partial charge in [0.25, 0.3) is 5.91 Å². The summed E-state index contributed by atoms with van der Waals surface area (Å²) in [6.45, 7) is 3.62. The van der Waals surface area contributed by atoms with E-state index in [4.69, 9.17) is 0 Å². The number of fused-ring (bicyclic) bond motifs is 2. The second-order valence-corrected chi connectivity index (χ2v) is 6.36. The van der Waals surface area contributed by atoms with E-state index in [1.54, 1.807) is 0 Å². The lowest BCUT2D eigenvalue weighted by Crippen LogP contribution is -2.39. The molecule has 2 aliphatic carbocycles. The van der Waals surface area contributed by atoms with Crippen molar-refractivity contribution < 1.29 is 4.79 Å². The number of nitrogens with one attached hydrogen (secondary N) is 2. The zero-order valence-electron chi connectivity index (χ0n) is 12.2.